The fraction of sp³-hybridized carbons (Fsp3) is 0.458. The molecule has 2 rings (SSSR count). The number of hydrogen-bond donors (Lipinski definition) is 0. The summed E-state index contributed by atoms with van der Waals surface area (Å²) in [7, 11) is 2.26. The molecule has 0 N–H and O–H groups in total. The molecule has 33 heavy (non-hydrogen) atoms. The molecule has 0 saturated carbocycles. The second kappa shape index (κ2) is 14.2. The minimum Gasteiger partial charge on any atom is -0.345 e. The lowest BCUT2D eigenvalue weighted by atomic mass is 9.94. The number of alkyl halides is 6. The summed E-state index contributed by atoms with van der Waals surface area (Å²) < 4.78 is 70.8. The quantitative estimate of drug-likeness (QED) is 0.230. The smallest absolute Gasteiger partial charge is 0.345 e. The number of likely N-dealkylation sites (tertiary alicyclic amines) is 1. The summed E-state index contributed by atoms with van der Waals surface area (Å²) >= 11 is 1.40. The lowest BCUT2D eigenvalue weighted by molar-refractivity contribution is -0.137. The number of rotatable bonds is 6. The number of carbonyl (C=O) groups excluding carboxylic acids is 1. The van der Waals surface area contributed by atoms with Gasteiger partial charge in [0, 0.05) is 35.2 Å². The van der Waals surface area contributed by atoms with Gasteiger partial charge >= 0.3 is 6.18 Å². The molecule has 9 heteroatoms. The zero-order valence-corrected chi connectivity index (χ0v) is 20.2. The zero-order valence-electron chi connectivity index (χ0n) is 19.4. The topological polar surface area (TPSA) is 20.3 Å². The SMILES string of the molecule is C=C(/C=C\C=C/C)C(F)F.CF.CN1CC(C(C)(C)Sc2cccc(C(F)(F)F)c2)CC1=O. The van der Waals surface area contributed by atoms with Gasteiger partial charge in [0.1, 0.15) is 0 Å². The number of carbonyl (C=O) groups is 1. The molecule has 1 atom stereocenters. The minimum atomic E-state index is -4.33. The molecule has 1 aromatic rings. The van der Waals surface area contributed by atoms with Crippen LogP contribution in [0.1, 0.15) is 32.8 Å². The van der Waals surface area contributed by atoms with E-state index in [0.717, 1.165) is 6.07 Å². The number of benzene rings is 1. The van der Waals surface area contributed by atoms with E-state index in [4.69, 9.17) is 0 Å². The van der Waals surface area contributed by atoms with Crippen molar-refractivity contribution in [3.63, 3.8) is 0 Å². The van der Waals surface area contributed by atoms with Gasteiger partial charge in [-0.3, -0.25) is 9.18 Å². The van der Waals surface area contributed by atoms with Gasteiger partial charge in [-0.2, -0.15) is 13.2 Å². The molecule has 2 nitrogen and oxygen atoms in total. The van der Waals surface area contributed by atoms with Crippen molar-refractivity contribution in [1.82, 2.24) is 4.90 Å². The lowest BCUT2D eigenvalue weighted by Gasteiger charge is -2.30. The number of nitrogens with zero attached hydrogens (tertiary/aromatic N) is 1. The van der Waals surface area contributed by atoms with Crippen LogP contribution >= 0.6 is 11.8 Å². The summed E-state index contributed by atoms with van der Waals surface area (Å²) in [5.74, 6) is 0.229. The monoisotopic (exact) mass is 495 g/mol. The van der Waals surface area contributed by atoms with Gasteiger partial charge in [0.15, 0.2) is 0 Å². The molecule has 1 saturated heterocycles. The average Bonchev–Trinajstić information content (AvgIpc) is 3.09. The molecule has 1 fully saturated rings. The van der Waals surface area contributed by atoms with Crippen molar-refractivity contribution in [1.29, 1.82) is 0 Å². The predicted octanol–water partition coefficient (Wildman–Crippen LogP) is 7.58. The molecule has 1 amide bonds. The maximum Gasteiger partial charge on any atom is 0.416 e. The molecule has 1 heterocycles. The van der Waals surface area contributed by atoms with Crippen molar-refractivity contribution in [3.8, 4) is 0 Å². The summed E-state index contributed by atoms with van der Waals surface area (Å²) in [6.45, 7) is 9.58. The minimum absolute atomic E-state index is 0.0951. The molecule has 0 radical (unpaired) electrons. The fourth-order valence-electron chi connectivity index (χ4n) is 2.82. The van der Waals surface area contributed by atoms with Crippen molar-refractivity contribution >= 4 is 17.7 Å². The van der Waals surface area contributed by atoms with E-state index in [-0.39, 0.29) is 22.1 Å². The van der Waals surface area contributed by atoms with Crippen LogP contribution in [0.25, 0.3) is 0 Å². The van der Waals surface area contributed by atoms with Crippen LogP contribution in [-0.2, 0) is 11.0 Å². The third kappa shape index (κ3) is 11.0. The Balaban J connectivity index is 0.000000722. The second-order valence-electron chi connectivity index (χ2n) is 7.67. The third-order valence-electron chi connectivity index (χ3n) is 4.76. The van der Waals surface area contributed by atoms with Gasteiger partial charge in [-0.15, -0.1) is 11.8 Å². The summed E-state index contributed by atoms with van der Waals surface area (Å²) in [4.78, 5) is 13.9. The lowest BCUT2D eigenvalue weighted by Crippen LogP contribution is -2.29. The van der Waals surface area contributed by atoms with E-state index in [1.54, 1.807) is 30.2 Å². The molecule has 1 aliphatic rings. The van der Waals surface area contributed by atoms with Crippen LogP contribution in [0.15, 0.2) is 65.6 Å². The van der Waals surface area contributed by atoms with E-state index >= 15 is 0 Å². The Bertz CT molecular complexity index is 817. The van der Waals surface area contributed by atoms with E-state index < -0.39 is 18.2 Å². The van der Waals surface area contributed by atoms with Crippen molar-refractivity contribution < 1.29 is 31.1 Å². The van der Waals surface area contributed by atoms with Crippen molar-refractivity contribution in [2.24, 2.45) is 5.92 Å². The number of thioether (sulfide) groups is 1. The van der Waals surface area contributed by atoms with E-state index in [1.807, 2.05) is 20.8 Å². The number of halogens is 6. The van der Waals surface area contributed by atoms with Crippen LogP contribution in [-0.4, -0.2) is 42.7 Å². The van der Waals surface area contributed by atoms with Crippen molar-refractivity contribution in [3.05, 3.63) is 66.3 Å². The Morgan fingerprint density at radius 3 is 2.27 bits per heavy atom. The standard InChI is InChI=1S/C15H18F3NOS.C8H10F2.CH3F/c1-14(2,11-8-13(20)19(3)9-11)21-12-6-4-5-10(7-12)15(16,17)18;1-3-4-5-6-7(2)8(9)10;1-2/h4-7,11H,8-9H2,1-3H3;3-6,8H,2H2,1H3;1H3/b;4-3-,6-5-;. The third-order valence-corrected chi connectivity index (χ3v) is 6.11. The van der Waals surface area contributed by atoms with Crippen LogP contribution in [0.2, 0.25) is 0 Å². The average molecular weight is 496 g/mol. The second-order valence-corrected chi connectivity index (χ2v) is 9.39. The van der Waals surface area contributed by atoms with Crippen LogP contribution in [0.4, 0.5) is 26.3 Å². The maximum absolute atomic E-state index is 12.7. The molecule has 0 aliphatic carbocycles. The zero-order chi connectivity index (χ0) is 25.8. The van der Waals surface area contributed by atoms with Gasteiger partial charge in [-0.25, -0.2) is 8.78 Å². The Labute approximate surface area is 196 Å². The molecule has 1 aliphatic heterocycles. The maximum atomic E-state index is 12.7. The van der Waals surface area contributed by atoms with Gasteiger partial charge in [-0.05, 0) is 44.9 Å². The van der Waals surface area contributed by atoms with Crippen molar-refractivity contribution in [2.45, 2.75) is 49.4 Å². The van der Waals surface area contributed by atoms with Gasteiger partial charge in [-0.1, -0.05) is 36.9 Å². The normalized spacial score (nSPS) is 16.7. The number of allylic oxidation sites excluding steroid dienone is 5. The molecular weight excluding hydrogens is 464 g/mol. The van der Waals surface area contributed by atoms with E-state index in [9.17, 15) is 31.1 Å². The Morgan fingerprint density at radius 2 is 1.82 bits per heavy atom. The van der Waals surface area contributed by atoms with E-state index in [1.165, 1.54) is 36.0 Å². The van der Waals surface area contributed by atoms with E-state index in [0.29, 0.717) is 25.0 Å². The number of hydrogen-bond acceptors (Lipinski definition) is 2. The molecule has 0 aromatic heterocycles. The van der Waals surface area contributed by atoms with E-state index in [2.05, 4.69) is 6.58 Å². The fourth-order valence-corrected chi connectivity index (χ4v) is 4.08. The van der Waals surface area contributed by atoms with Crippen LogP contribution in [0, 0.1) is 5.92 Å². The molecule has 1 unspecified atom stereocenters. The Kier molecular flexibility index (Phi) is 13.2. The summed E-state index contributed by atoms with van der Waals surface area (Å²) in [6, 6.07) is 5.35. The first-order valence-corrected chi connectivity index (χ1v) is 10.8. The van der Waals surface area contributed by atoms with Gasteiger partial charge in [0.2, 0.25) is 5.91 Å². The van der Waals surface area contributed by atoms with Crippen LogP contribution in [0.3, 0.4) is 0 Å². The highest BCUT2D eigenvalue weighted by molar-refractivity contribution is 8.00. The summed E-state index contributed by atoms with van der Waals surface area (Å²) in [5, 5.41) is 0. The largest absolute Gasteiger partial charge is 0.416 e. The Morgan fingerprint density at radius 1 is 1.21 bits per heavy atom. The first-order chi connectivity index (χ1) is 15.3. The summed E-state index contributed by atoms with van der Waals surface area (Å²) in [6.07, 6.45) is -0.0525. The van der Waals surface area contributed by atoms with Gasteiger partial charge < -0.3 is 4.90 Å². The molecule has 1 aromatic carbocycles. The van der Waals surface area contributed by atoms with Crippen molar-refractivity contribution in [2.75, 3.05) is 20.8 Å². The van der Waals surface area contributed by atoms with Crippen LogP contribution < -0.4 is 0 Å². The first kappa shape index (κ1) is 30.8. The highest BCUT2D eigenvalue weighted by atomic mass is 32.2. The summed E-state index contributed by atoms with van der Waals surface area (Å²) in [5.41, 5.74) is -0.791. The van der Waals surface area contributed by atoms with Gasteiger partial charge in [0.25, 0.3) is 6.43 Å². The molecule has 0 spiro atoms. The highest BCUT2D eigenvalue weighted by Gasteiger charge is 2.39. The van der Waals surface area contributed by atoms with Crippen LogP contribution in [0.5, 0.6) is 0 Å². The highest BCUT2D eigenvalue weighted by Crippen LogP contribution is 2.43. The van der Waals surface area contributed by atoms with Gasteiger partial charge in [0.05, 0.1) is 12.7 Å². The molecular formula is C24H31F6NOS. The first-order valence-electron chi connectivity index (χ1n) is 10.0. The Hall–Kier alpha value is -2.16. The number of amides is 1. The predicted molar refractivity (Wildman–Crippen MR) is 123 cm³/mol. The molecule has 0 bridgehead atoms. The molecule has 186 valence electrons.